The number of benzene rings is 1. The maximum atomic E-state index is 14.7. The summed E-state index contributed by atoms with van der Waals surface area (Å²) in [5.41, 5.74) is -2.10. The summed E-state index contributed by atoms with van der Waals surface area (Å²) in [4.78, 5) is 24.8. The highest BCUT2D eigenvalue weighted by molar-refractivity contribution is 6.07. The van der Waals surface area contributed by atoms with Gasteiger partial charge in [0, 0.05) is 12.1 Å². The van der Waals surface area contributed by atoms with Gasteiger partial charge < -0.3 is 16.4 Å². The number of aryl methyl sites for hydroxylation is 1. The molecule has 0 radical (unpaired) electrons. The van der Waals surface area contributed by atoms with Crippen LogP contribution in [-0.2, 0) is 16.8 Å². The molecule has 44 heavy (non-hydrogen) atoms. The van der Waals surface area contributed by atoms with Crippen molar-refractivity contribution >= 4 is 28.6 Å². The molecular formula is C26H21F9N8O. The van der Waals surface area contributed by atoms with Crippen molar-refractivity contribution < 1.29 is 44.3 Å². The minimum Gasteiger partial charge on any atom is -0.368 e. The third kappa shape index (κ3) is 4.86. The van der Waals surface area contributed by atoms with Crippen molar-refractivity contribution in [1.82, 2.24) is 24.7 Å². The third-order valence-corrected chi connectivity index (χ3v) is 7.31. The molecule has 0 fully saturated rings. The van der Waals surface area contributed by atoms with Crippen LogP contribution < -0.4 is 16.4 Å². The smallest absolute Gasteiger partial charge is 0.368 e. The highest BCUT2D eigenvalue weighted by Gasteiger charge is 2.64. The average Bonchev–Trinajstić information content (AvgIpc) is 3.45. The van der Waals surface area contributed by atoms with Crippen LogP contribution in [0.5, 0.6) is 0 Å². The van der Waals surface area contributed by atoms with Crippen molar-refractivity contribution in [1.29, 1.82) is 0 Å². The highest BCUT2D eigenvalue weighted by atomic mass is 19.4. The van der Waals surface area contributed by atoms with E-state index in [1.165, 1.54) is 6.92 Å². The van der Waals surface area contributed by atoms with Gasteiger partial charge in [0.25, 0.3) is 0 Å². The van der Waals surface area contributed by atoms with Gasteiger partial charge in [-0.05, 0) is 32.0 Å². The Morgan fingerprint density at radius 1 is 1.02 bits per heavy atom. The summed E-state index contributed by atoms with van der Waals surface area (Å²) in [5, 5.41) is 8.36. The summed E-state index contributed by atoms with van der Waals surface area (Å²) in [6.07, 6.45) is -5.19. The summed E-state index contributed by atoms with van der Waals surface area (Å²) in [7, 11) is 0. The van der Waals surface area contributed by atoms with Crippen molar-refractivity contribution in [3.8, 4) is 11.5 Å². The largest absolute Gasteiger partial charge is 0.407 e. The lowest BCUT2D eigenvalue weighted by Gasteiger charge is -2.28. The number of rotatable bonds is 8. The summed E-state index contributed by atoms with van der Waals surface area (Å²) < 4.78 is 128. The topological polar surface area (TPSA) is 124 Å². The predicted molar refractivity (Wildman–Crippen MR) is 138 cm³/mol. The molecule has 1 amide bonds. The number of nitrogens with two attached hydrogens (primary N) is 1. The maximum Gasteiger partial charge on any atom is 0.407 e. The lowest BCUT2D eigenvalue weighted by atomic mass is 9.83. The number of hydrogen-bond donors (Lipinski definition) is 3. The Balaban J connectivity index is 1.74. The Morgan fingerprint density at radius 3 is 2.32 bits per heavy atom. The summed E-state index contributed by atoms with van der Waals surface area (Å²) in [6, 6.07) is 2.15. The SMILES string of the molecule is Cc1nc2c(cc1F)c(-c1nc(NCC(N)(CF)CF)c3c(n1)NC(=O)C3(C)C(F)(F)F)nn2Cc1c(F)ccc(F)c1F. The van der Waals surface area contributed by atoms with Gasteiger partial charge in [-0.25, -0.2) is 46.0 Å². The molecule has 1 aliphatic heterocycles. The highest BCUT2D eigenvalue weighted by Crippen LogP contribution is 2.51. The van der Waals surface area contributed by atoms with Crippen LogP contribution in [0.2, 0.25) is 0 Å². The van der Waals surface area contributed by atoms with E-state index in [1.807, 2.05) is 5.32 Å². The van der Waals surface area contributed by atoms with Crippen LogP contribution >= 0.6 is 0 Å². The number of carbonyl (C=O) groups is 1. The molecule has 0 bridgehead atoms. The second-order valence-corrected chi connectivity index (χ2v) is 10.4. The number of hydrogen-bond acceptors (Lipinski definition) is 7. The first-order valence-electron chi connectivity index (χ1n) is 12.7. The van der Waals surface area contributed by atoms with E-state index in [4.69, 9.17) is 5.73 Å². The van der Waals surface area contributed by atoms with Gasteiger partial charge in [-0.2, -0.15) is 18.3 Å². The molecule has 9 nitrogen and oxygen atoms in total. The molecule has 18 heteroatoms. The average molecular weight is 632 g/mol. The van der Waals surface area contributed by atoms with Crippen LogP contribution in [0.1, 0.15) is 23.7 Å². The normalized spacial score (nSPS) is 16.9. The molecule has 0 aliphatic carbocycles. The number of alkyl halides is 5. The van der Waals surface area contributed by atoms with E-state index >= 15 is 0 Å². The lowest BCUT2D eigenvalue weighted by molar-refractivity contribution is -0.186. The second kappa shape index (κ2) is 10.6. The van der Waals surface area contributed by atoms with Gasteiger partial charge in [0.2, 0.25) is 5.91 Å². The Hall–Kier alpha value is -4.48. The van der Waals surface area contributed by atoms with Crippen LogP contribution in [0.3, 0.4) is 0 Å². The molecule has 1 aromatic carbocycles. The molecule has 5 rings (SSSR count). The van der Waals surface area contributed by atoms with Gasteiger partial charge in [0.1, 0.15) is 42.3 Å². The van der Waals surface area contributed by atoms with Crippen LogP contribution in [0, 0.1) is 30.2 Å². The molecule has 0 saturated heterocycles. The Kier molecular flexibility index (Phi) is 7.46. The van der Waals surface area contributed by atoms with Gasteiger partial charge in [-0.1, -0.05) is 0 Å². The number of pyridine rings is 1. The Bertz CT molecular complexity index is 1810. The maximum absolute atomic E-state index is 14.7. The van der Waals surface area contributed by atoms with E-state index in [1.54, 1.807) is 0 Å². The molecule has 0 saturated carbocycles. The van der Waals surface area contributed by atoms with Crippen molar-refractivity contribution in [3.05, 3.63) is 58.3 Å². The molecule has 1 aliphatic rings. The summed E-state index contributed by atoms with van der Waals surface area (Å²) in [5.74, 6) is -8.37. The zero-order chi connectivity index (χ0) is 32.4. The van der Waals surface area contributed by atoms with Crippen LogP contribution in [-0.4, -0.2) is 62.2 Å². The first-order chi connectivity index (χ1) is 20.5. The zero-order valence-electron chi connectivity index (χ0n) is 22.7. The number of fused-ring (bicyclic) bond motifs is 2. The van der Waals surface area contributed by atoms with Gasteiger partial charge in [-0.15, -0.1) is 0 Å². The summed E-state index contributed by atoms with van der Waals surface area (Å²) in [6.45, 7) is -2.57. The molecule has 234 valence electrons. The first-order valence-corrected chi connectivity index (χ1v) is 12.7. The van der Waals surface area contributed by atoms with Gasteiger partial charge in [-0.3, -0.25) is 4.79 Å². The predicted octanol–water partition coefficient (Wildman–Crippen LogP) is 4.62. The molecule has 1 atom stereocenters. The number of carbonyl (C=O) groups excluding carboxylic acids is 1. The van der Waals surface area contributed by atoms with Gasteiger partial charge >= 0.3 is 6.18 Å². The number of halogens is 9. The fourth-order valence-corrected chi connectivity index (χ4v) is 4.57. The Labute approximate surface area is 241 Å². The van der Waals surface area contributed by atoms with Gasteiger partial charge in [0.15, 0.2) is 28.5 Å². The van der Waals surface area contributed by atoms with E-state index in [9.17, 15) is 44.3 Å². The number of anilines is 2. The monoisotopic (exact) mass is 632 g/mol. The van der Waals surface area contributed by atoms with E-state index in [0.29, 0.717) is 19.1 Å². The first kappa shape index (κ1) is 31.0. The number of nitrogens with zero attached hydrogens (tertiary/aromatic N) is 5. The Morgan fingerprint density at radius 2 is 1.68 bits per heavy atom. The summed E-state index contributed by atoms with van der Waals surface area (Å²) >= 11 is 0. The molecule has 0 spiro atoms. The van der Waals surface area contributed by atoms with Gasteiger partial charge in [0.05, 0.1) is 28.7 Å². The quantitative estimate of drug-likeness (QED) is 0.191. The number of nitrogens with one attached hydrogen (secondary N) is 2. The van der Waals surface area contributed by atoms with Crippen molar-refractivity contribution in [2.24, 2.45) is 5.73 Å². The minimum atomic E-state index is -5.19. The molecule has 4 N–H and O–H groups in total. The van der Waals surface area contributed by atoms with Crippen molar-refractivity contribution in [2.45, 2.75) is 37.5 Å². The lowest BCUT2D eigenvalue weighted by Crippen LogP contribution is -2.51. The van der Waals surface area contributed by atoms with Crippen molar-refractivity contribution in [2.75, 3.05) is 30.5 Å². The molecule has 4 heterocycles. The molecule has 4 aromatic rings. The second-order valence-electron chi connectivity index (χ2n) is 10.4. The van der Waals surface area contributed by atoms with Crippen LogP contribution in [0.4, 0.5) is 51.1 Å². The zero-order valence-corrected chi connectivity index (χ0v) is 22.7. The van der Waals surface area contributed by atoms with E-state index < -0.39 is 101 Å². The van der Waals surface area contributed by atoms with Crippen LogP contribution in [0.25, 0.3) is 22.6 Å². The van der Waals surface area contributed by atoms with E-state index in [0.717, 1.165) is 10.7 Å². The van der Waals surface area contributed by atoms with Crippen LogP contribution in [0.15, 0.2) is 18.2 Å². The van der Waals surface area contributed by atoms with E-state index in [2.05, 4.69) is 25.4 Å². The molecule has 3 aromatic heterocycles. The number of aromatic nitrogens is 5. The fraction of sp³-hybridized carbons (Fsp3) is 0.346. The molecule has 1 unspecified atom stereocenters. The fourth-order valence-electron chi connectivity index (χ4n) is 4.57. The third-order valence-electron chi connectivity index (χ3n) is 7.31. The number of amides is 1. The standard InChI is InChI=1S/C26H21F9N8O/c1-10-15(31)5-11-18(42-43(22(11)38-10)6-12-13(29)3-4-14(30)17(12)32)21-39-19(37-9-25(36,7-27)8-28)16-20(40-21)41-23(44)24(16,2)26(33,34)35/h3-5H,6-9,36H2,1-2H3,(H2,37,39,40,41,44). The minimum absolute atomic E-state index is 0.174. The molecular weight excluding hydrogens is 611 g/mol. The van der Waals surface area contributed by atoms with Crippen molar-refractivity contribution in [3.63, 3.8) is 0 Å². The van der Waals surface area contributed by atoms with E-state index in [-0.39, 0.29) is 22.4 Å².